The number of benzene rings is 2. The van der Waals surface area contributed by atoms with Gasteiger partial charge in [0.2, 0.25) is 5.91 Å². The lowest BCUT2D eigenvalue weighted by molar-refractivity contribution is -0.115. The van der Waals surface area contributed by atoms with Crippen molar-refractivity contribution in [1.82, 2.24) is 0 Å². The molecule has 0 heterocycles. The number of amides is 1. The highest BCUT2D eigenvalue weighted by molar-refractivity contribution is 5.93. The maximum absolute atomic E-state index is 13.1. The van der Waals surface area contributed by atoms with E-state index in [1.54, 1.807) is 12.1 Å². The first-order valence-corrected chi connectivity index (χ1v) is 7.23. The highest BCUT2D eigenvalue weighted by Gasteiger charge is 2.11. The summed E-state index contributed by atoms with van der Waals surface area (Å²) in [5, 5.41) is 2.93. The fraction of sp³-hybridized carbons (Fsp3) is 0.278. The molecule has 21 heavy (non-hydrogen) atoms. The minimum Gasteiger partial charge on any atom is -0.326 e. The van der Waals surface area contributed by atoms with E-state index in [1.165, 1.54) is 12.1 Å². The van der Waals surface area contributed by atoms with Crippen molar-refractivity contribution >= 4 is 11.6 Å². The number of hydrogen-bond donors (Lipinski definition) is 1. The van der Waals surface area contributed by atoms with E-state index in [-0.39, 0.29) is 18.1 Å². The smallest absolute Gasteiger partial charge is 0.228 e. The second kappa shape index (κ2) is 7.02. The Bertz CT molecular complexity index is 624. The second-order valence-corrected chi connectivity index (χ2v) is 5.25. The number of rotatable bonds is 5. The maximum atomic E-state index is 13.1. The number of hydrogen-bond acceptors (Lipinski definition) is 1. The number of halogens is 1. The SMILES string of the molecule is CC[C@@H](C)c1ccccc1NC(=O)Cc1cccc(F)c1. The predicted molar refractivity (Wildman–Crippen MR) is 83.9 cm³/mol. The molecule has 1 N–H and O–H groups in total. The summed E-state index contributed by atoms with van der Waals surface area (Å²) in [5.41, 5.74) is 2.65. The monoisotopic (exact) mass is 285 g/mol. The van der Waals surface area contributed by atoms with Crippen LogP contribution in [0.1, 0.15) is 37.3 Å². The maximum Gasteiger partial charge on any atom is 0.228 e. The van der Waals surface area contributed by atoms with Crippen molar-refractivity contribution in [1.29, 1.82) is 0 Å². The van der Waals surface area contributed by atoms with Crippen LogP contribution in [0.4, 0.5) is 10.1 Å². The quantitative estimate of drug-likeness (QED) is 0.859. The second-order valence-electron chi connectivity index (χ2n) is 5.25. The van der Waals surface area contributed by atoms with Gasteiger partial charge in [-0.25, -0.2) is 4.39 Å². The van der Waals surface area contributed by atoms with Crippen LogP contribution in [0.3, 0.4) is 0 Å². The van der Waals surface area contributed by atoms with Crippen molar-refractivity contribution < 1.29 is 9.18 Å². The van der Waals surface area contributed by atoms with Gasteiger partial charge in [-0.2, -0.15) is 0 Å². The average molecular weight is 285 g/mol. The van der Waals surface area contributed by atoms with Crippen molar-refractivity contribution in [2.24, 2.45) is 0 Å². The molecule has 0 aliphatic heterocycles. The van der Waals surface area contributed by atoms with Crippen LogP contribution in [0.25, 0.3) is 0 Å². The molecule has 3 heteroatoms. The zero-order chi connectivity index (χ0) is 15.2. The Hall–Kier alpha value is -2.16. The molecule has 1 amide bonds. The Balaban J connectivity index is 2.09. The van der Waals surface area contributed by atoms with E-state index in [9.17, 15) is 9.18 Å². The van der Waals surface area contributed by atoms with E-state index in [0.29, 0.717) is 11.5 Å². The summed E-state index contributed by atoms with van der Waals surface area (Å²) in [6.45, 7) is 4.26. The average Bonchev–Trinajstić information content (AvgIpc) is 2.47. The van der Waals surface area contributed by atoms with Gasteiger partial charge in [0.1, 0.15) is 5.82 Å². The van der Waals surface area contributed by atoms with Crippen LogP contribution in [0.5, 0.6) is 0 Å². The molecule has 110 valence electrons. The molecule has 0 aromatic heterocycles. The fourth-order valence-corrected chi connectivity index (χ4v) is 2.29. The lowest BCUT2D eigenvalue weighted by Gasteiger charge is -2.15. The molecule has 0 saturated heterocycles. The Morgan fingerprint density at radius 2 is 1.95 bits per heavy atom. The van der Waals surface area contributed by atoms with Crippen molar-refractivity contribution in [3.63, 3.8) is 0 Å². The summed E-state index contributed by atoms with van der Waals surface area (Å²) in [7, 11) is 0. The molecule has 0 fully saturated rings. The van der Waals surface area contributed by atoms with E-state index in [4.69, 9.17) is 0 Å². The molecule has 0 saturated carbocycles. The van der Waals surface area contributed by atoms with Gasteiger partial charge in [0, 0.05) is 5.69 Å². The fourth-order valence-electron chi connectivity index (χ4n) is 2.29. The molecule has 2 rings (SSSR count). The molecule has 0 aliphatic carbocycles. The topological polar surface area (TPSA) is 29.1 Å². The first-order valence-electron chi connectivity index (χ1n) is 7.23. The van der Waals surface area contributed by atoms with Crippen molar-refractivity contribution in [3.8, 4) is 0 Å². The van der Waals surface area contributed by atoms with E-state index in [1.807, 2.05) is 24.3 Å². The number of anilines is 1. The van der Waals surface area contributed by atoms with Gasteiger partial charge < -0.3 is 5.32 Å². The highest BCUT2D eigenvalue weighted by Crippen LogP contribution is 2.26. The standard InChI is InChI=1S/C18H20FNO/c1-3-13(2)16-9-4-5-10-17(16)20-18(21)12-14-7-6-8-15(19)11-14/h4-11,13H,3,12H2,1-2H3,(H,20,21)/t13-/m1/s1. The van der Waals surface area contributed by atoms with Crippen LogP contribution in [0.2, 0.25) is 0 Å². The van der Waals surface area contributed by atoms with Crippen molar-refractivity contribution in [2.45, 2.75) is 32.6 Å². The zero-order valence-corrected chi connectivity index (χ0v) is 12.4. The number of carbonyl (C=O) groups excluding carboxylic acids is 1. The van der Waals surface area contributed by atoms with Crippen LogP contribution in [-0.2, 0) is 11.2 Å². The third-order valence-corrected chi connectivity index (χ3v) is 3.63. The first-order chi connectivity index (χ1) is 10.1. The zero-order valence-electron chi connectivity index (χ0n) is 12.4. The van der Waals surface area contributed by atoms with Gasteiger partial charge in [-0.3, -0.25) is 4.79 Å². The van der Waals surface area contributed by atoms with E-state index < -0.39 is 0 Å². The molecular weight excluding hydrogens is 265 g/mol. The van der Waals surface area contributed by atoms with Crippen molar-refractivity contribution in [3.05, 3.63) is 65.5 Å². The van der Waals surface area contributed by atoms with Crippen LogP contribution >= 0.6 is 0 Å². The Labute approximate surface area is 125 Å². The first kappa shape index (κ1) is 15.2. The lowest BCUT2D eigenvalue weighted by atomic mass is 9.97. The third-order valence-electron chi connectivity index (χ3n) is 3.63. The van der Waals surface area contributed by atoms with Gasteiger partial charge in [-0.15, -0.1) is 0 Å². The molecule has 0 radical (unpaired) electrons. The predicted octanol–water partition coefficient (Wildman–Crippen LogP) is 4.52. The van der Waals surface area contributed by atoms with Gasteiger partial charge >= 0.3 is 0 Å². The lowest BCUT2D eigenvalue weighted by Crippen LogP contribution is -2.16. The molecule has 0 spiro atoms. The number of nitrogens with one attached hydrogen (secondary N) is 1. The van der Waals surface area contributed by atoms with Crippen LogP contribution in [0, 0.1) is 5.82 Å². The molecular formula is C18H20FNO. The molecule has 2 aromatic carbocycles. The third kappa shape index (κ3) is 4.15. The summed E-state index contributed by atoms with van der Waals surface area (Å²) in [4.78, 5) is 12.1. The summed E-state index contributed by atoms with van der Waals surface area (Å²) in [6.07, 6.45) is 1.18. The number of carbonyl (C=O) groups is 1. The van der Waals surface area contributed by atoms with E-state index >= 15 is 0 Å². The minimum absolute atomic E-state index is 0.128. The summed E-state index contributed by atoms with van der Waals surface area (Å²) in [5.74, 6) is -0.0627. The summed E-state index contributed by atoms with van der Waals surface area (Å²) in [6, 6.07) is 14.0. The summed E-state index contributed by atoms with van der Waals surface area (Å²) < 4.78 is 13.1. The Kier molecular flexibility index (Phi) is 5.09. The highest BCUT2D eigenvalue weighted by atomic mass is 19.1. The van der Waals surface area contributed by atoms with Crippen molar-refractivity contribution in [2.75, 3.05) is 5.32 Å². The molecule has 0 unspecified atom stereocenters. The Morgan fingerprint density at radius 1 is 1.19 bits per heavy atom. The van der Waals surface area contributed by atoms with Crippen LogP contribution in [-0.4, -0.2) is 5.91 Å². The van der Waals surface area contributed by atoms with Gasteiger partial charge in [-0.05, 0) is 41.7 Å². The van der Waals surface area contributed by atoms with Gasteiger partial charge in [0.25, 0.3) is 0 Å². The van der Waals surface area contributed by atoms with Gasteiger partial charge in [0.15, 0.2) is 0 Å². The van der Waals surface area contributed by atoms with Gasteiger partial charge in [0.05, 0.1) is 6.42 Å². The largest absolute Gasteiger partial charge is 0.326 e. The molecule has 0 bridgehead atoms. The normalized spacial score (nSPS) is 12.0. The van der Waals surface area contributed by atoms with Gasteiger partial charge in [-0.1, -0.05) is 44.2 Å². The van der Waals surface area contributed by atoms with E-state index in [2.05, 4.69) is 19.2 Å². The molecule has 0 aliphatic rings. The number of para-hydroxylation sites is 1. The summed E-state index contributed by atoms with van der Waals surface area (Å²) >= 11 is 0. The van der Waals surface area contributed by atoms with E-state index in [0.717, 1.165) is 17.7 Å². The molecule has 1 atom stereocenters. The van der Waals surface area contributed by atoms with Crippen LogP contribution < -0.4 is 5.32 Å². The van der Waals surface area contributed by atoms with Crippen LogP contribution in [0.15, 0.2) is 48.5 Å². The molecule has 2 aromatic rings. The Morgan fingerprint density at radius 3 is 2.67 bits per heavy atom. The minimum atomic E-state index is -0.319. The molecule has 2 nitrogen and oxygen atoms in total.